The van der Waals surface area contributed by atoms with Crippen LogP contribution < -0.4 is 4.74 Å². The van der Waals surface area contributed by atoms with Crippen LogP contribution >= 0.6 is 0 Å². The predicted molar refractivity (Wildman–Crippen MR) is 57.7 cm³/mol. The van der Waals surface area contributed by atoms with Gasteiger partial charge in [-0.2, -0.15) is 0 Å². The highest BCUT2D eigenvalue weighted by molar-refractivity contribution is 5.38. The van der Waals surface area contributed by atoms with Gasteiger partial charge in [-0.25, -0.2) is 4.39 Å². The van der Waals surface area contributed by atoms with Crippen LogP contribution in [0.2, 0.25) is 0 Å². The van der Waals surface area contributed by atoms with E-state index in [1.165, 1.54) is 6.07 Å². The van der Waals surface area contributed by atoms with E-state index in [1.54, 1.807) is 33.9 Å². The van der Waals surface area contributed by atoms with Crippen LogP contribution in [0.5, 0.6) is 5.75 Å². The Hall–Kier alpha value is -1.09. The molecule has 0 radical (unpaired) electrons. The number of ether oxygens (including phenoxy) is 1. The van der Waals surface area contributed by atoms with Gasteiger partial charge in [-0.15, -0.1) is 0 Å². The maximum Gasteiger partial charge on any atom is 0.126 e. The lowest BCUT2D eigenvalue weighted by Crippen LogP contribution is -2.22. The van der Waals surface area contributed by atoms with Crippen LogP contribution in [0.25, 0.3) is 0 Å². The number of aryl methyl sites for hydroxylation is 1. The molecule has 2 nitrogen and oxygen atoms in total. The van der Waals surface area contributed by atoms with Gasteiger partial charge in [0, 0.05) is 6.42 Å². The maximum atomic E-state index is 13.3. The second-order valence-electron chi connectivity index (χ2n) is 4.40. The van der Waals surface area contributed by atoms with Crippen LogP contribution in [-0.2, 0) is 6.42 Å². The highest BCUT2D eigenvalue weighted by Gasteiger charge is 2.17. The van der Waals surface area contributed by atoms with Gasteiger partial charge in [0.1, 0.15) is 11.6 Å². The number of halogens is 1. The molecule has 1 rings (SSSR count). The molecule has 0 atom stereocenters. The summed E-state index contributed by atoms with van der Waals surface area (Å²) in [4.78, 5) is 0. The van der Waals surface area contributed by atoms with E-state index in [0.717, 1.165) is 0 Å². The summed E-state index contributed by atoms with van der Waals surface area (Å²) in [6.07, 6.45) is 0.368. The van der Waals surface area contributed by atoms with E-state index < -0.39 is 5.60 Å². The number of hydrogen-bond acceptors (Lipinski definition) is 2. The molecule has 0 aliphatic carbocycles. The van der Waals surface area contributed by atoms with Crippen molar-refractivity contribution in [2.24, 2.45) is 0 Å². The number of benzene rings is 1. The van der Waals surface area contributed by atoms with E-state index in [-0.39, 0.29) is 5.82 Å². The first-order valence-corrected chi connectivity index (χ1v) is 4.89. The average Bonchev–Trinajstić information content (AvgIpc) is 2.08. The van der Waals surface area contributed by atoms with Gasteiger partial charge < -0.3 is 9.84 Å². The van der Waals surface area contributed by atoms with Gasteiger partial charge in [-0.3, -0.25) is 0 Å². The Bertz CT molecular complexity index is 353. The zero-order chi connectivity index (χ0) is 11.6. The van der Waals surface area contributed by atoms with Gasteiger partial charge in [0.25, 0.3) is 0 Å². The molecule has 1 aromatic carbocycles. The standard InChI is InChI=1S/C12H17FO2/c1-8-5-11(15-4)9(6-10(8)13)7-12(2,3)14/h5-6,14H,7H2,1-4H3. The van der Waals surface area contributed by atoms with Crippen molar-refractivity contribution < 1.29 is 14.2 Å². The minimum atomic E-state index is -0.866. The van der Waals surface area contributed by atoms with Gasteiger partial charge in [-0.05, 0) is 44.0 Å². The quantitative estimate of drug-likeness (QED) is 0.834. The van der Waals surface area contributed by atoms with Gasteiger partial charge >= 0.3 is 0 Å². The van der Waals surface area contributed by atoms with Gasteiger partial charge in [-0.1, -0.05) is 0 Å². The normalized spacial score (nSPS) is 11.6. The van der Waals surface area contributed by atoms with Crippen molar-refractivity contribution in [1.29, 1.82) is 0 Å². The van der Waals surface area contributed by atoms with Gasteiger partial charge in [0.2, 0.25) is 0 Å². The smallest absolute Gasteiger partial charge is 0.126 e. The summed E-state index contributed by atoms with van der Waals surface area (Å²) in [6.45, 7) is 5.06. The summed E-state index contributed by atoms with van der Waals surface area (Å²) in [5.41, 5.74) is 0.370. The fourth-order valence-electron chi connectivity index (χ4n) is 1.49. The zero-order valence-electron chi connectivity index (χ0n) is 9.60. The van der Waals surface area contributed by atoms with E-state index in [0.29, 0.717) is 23.3 Å². The molecule has 3 heteroatoms. The Morgan fingerprint density at radius 2 is 2.00 bits per heavy atom. The first-order valence-electron chi connectivity index (χ1n) is 4.89. The third-order valence-corrected chi connectivity index (χ3v) is 2.18. The van der Waals surface area contributed by atoms with E-state index in [1.807, 2.05) is 0 Å². The molecule has 0 aliphatic heterocycles. The molecule has 0 saturated heterocycles. The van der Waals surface area contributed by atoms with E-state index in [4.69, 9.17) is 4.74 Å². The van der Waals surface area contributed by atoms with Crippen LogP contribution in [0, 0.1) is 12.7 Å². The lowest BCUT2D eigenvalue weighted by molar-refractivity contribution is 0.0802. The van der Waals surface area contributed by atoms with Crippen molar-refractivity contribution in [3.63, 3.8) is 0 Å². The van der Waals surface area contributed by atoms with E-state index in [2.05, 4.69) is 0 Å². The van der Waals surface area contributed by atoms with Crippen LogP contribution in [0.1, 0.15) is 25.0 Å². The van der Waals surface area contributed by atoms with Crippen LogP contribution in [0.15, 0.2) is 12.1 Å². The molecule has 0 unspecified atom stereocenters. The molecular weight excluding hydrogens is 195 g/mol. The Morgan fingerprint density at radius 1 is 1.40 bits per heavy atom. The minimum absolute atomic E-state index is 0.268. The highest BCUT2D eigenvalue weighted by Crippen LogP contribution is 2.26. The van der Waals surface area contributed by atoms with Gasteiger partial charge in [0.05, 0.1) is 12.7 Å². The molecule has 0 aromatic heterocycles. The molecule has 15 heavy (non-hydrogen) atoms. The topological polar surface area (TPSA) is 29.5 Å². The van der Waals surface area contributed by atoms with Crippen molar-refractivity contribution in [2.45, 2.75) is 32.8 Å². The molecule has 1 aromatic rings. The van der Waals surface area contributed by atoms with Crippen LogP contribution in [0.3, 0.4) is 0 Å². The fraction of sp³-hybridized carbons (Fsp3) is 0.500. The summed E-state index contributed by atoms with van der Waals surface area (Å²) in [5.74, 6) is 0.353. The average molecular weight is 212 g/mol. The summed E-state index contributed by atoms with van der Waals surface area (Å²) >= 11 is 0. The van der Waals surface area contributed by atoms with Crippen molar-refractivity contribution in [3.05, 3.63) is 29.1 Å². The lowest BCUT2D eigenvalue weighted by Gasteiger charge is -2.19. The van der Waals surface area contributed by atoms with Gasteiger partial charge in [0.15, 0.2) is 0 Å². The lowest BCUT2D eigenvalue weighted by atomic mass is 9.97. The van der Waals surface area contributed by atoms with Crippen molar-refractivity contribution in [1.82, 2.24) is 0 Å². The minimum Gasteiger partial charge on any atom is -0.496 e. The summed E-state index contributed by atoms with van der Waals surface area (Å²) < 4.78 is 18.5. The monoisotopic (exact) mass is 212 g/mol. The number of hydrogen-bond donors (Lipinski definition) is 1. The predicted octanol–water partition coefficient (Wildman–Crippen LogP) is 2.46. The first-order chi connectivity index (χ1) is 6.83. The van der Waals surface area contributed by atoms with Crippen molar-refractivity contribution >= 4 is 0 Å². The Morgan fingerprint density at radius 3 is 2.47 bits per heavy atom. The second kappa shape index (κ2) is 4.19. The molecule has 0 fully saturated rings. The summed E-state index contributed by atoms with van der Waals surface area (Å²) in [6, 6.07) is 3.07. The molecule has 0 aliphatic rings. The van der Waals surface area contributed by atoms with Crippen LogP contribution in [-0.4, -0.2) is 17.8 Å². The van der Waals surface area contributed by atoms with E-state index in [9.17, 15) is 9.50 Å². The molecular formula is C12H17FO2. The molecule has 84 valence electrons. The number of rotatable bonds is 3. The third kappa shape index (κ3) is 3.20. The Balaban J connectivity index is 3.11. The molecule has 0 spiro atoms. The van der Waals surface area contributed by atoms with E-state index >= 15 is 0 Å². The molecule has 0 saturated carbocycles. The molecule has 1 N–H and O–H groups in total. The molecule has 0 heterocycles. The fourth-order valence-corrected chi connectivity index (χ4v) is 1.49. The molecule has 0 bridgehead atoms. The van der Waals surface area contributed by atoms with Crippen LogP contribution in [0.4, 0.5) is 4.39 Å². The molecule has 0 amide bonds. The largest absolute Gasteiger partial charge is 0.496 e. The maximum absolute atomic E-state index is 13.3. The first kappa shape index (κ1) is 12.0. The number of methoxy groups -OCH3 is 1. The SMILES string of the molecule is COc1cc(C)c(F)cc1CC(C)(C)O. The Labute approximate surface area is 89.7 Å². The third-order valence-electron chi connectivity index (χ3n) is 2.18. The summed E-state index contributed by atoms with van der Waals surface area (Å²) in [7, 11) is 1.54. The summed E-state index contributed by atoms with van der Waals surface area (Å²) in [5, 5.41) is 9.67. The van der Waals surface area contributed by atoms with Crippen molar-refractivity contribution in [3.8, 4) is 5.75 Å². The number of aliphatic hydroxyl groups is 1. The highest BCUT2D eigenvalue weighted by atomic mass is 19.1. The van der Waals surface area contributed by atoms with Crippen molar-refractivity contribution in [2.75, 3.05) is 7.11 Å². The second-order valence-corrected chi connectivity index (χ2v) is 4.40. The zero-order valence-corrected chi connectivity index (χ0v) is 9.60. The Kier molecular flexibility index (Phi) is 3.35.